The first-order chi connectivity index (χ1) is 11.8. The molecule has 1 heterocycles. The number of cyclic esters (lactones) is 1. The first-order valence-electron chi connectivity index (χ1n) is 7.94. The van der Waals surface area contributed by atoms with Gasteiger partial charge < -0.3 is 24.9 Å². The molecule has 1 rings (SSSR count). The predicted octanol–water partition coefficient (Wildman–Crippen LogP) is -1.29. The first kappa shape index (κ1) is 39.3. The molecule has 0 aromatic rings. The predicted molar refractivity (Wildman–Crippen MR) is 105 cm³/mol. The zero-order chi connectivity index (χ0) is 21.0. The van der Waals surface area contributed by atoms with Crippen molar-refractivity contribution in [2.75, 3.05) is 6.61 Å². The molecule has 0 spiro atoms. The number of hydrogen-bond donors (Lipinski definition) is 2. The number of hydrogen-bond acceptors (Lipinski definition) is 8. The molecule has 11 heteroatoms. The average molecular weight is 471 g/mol. The molecule has 0 amide bonds. The van der Waals surface area contributed by atoms with Crippen molar-refractivity contribution >= 4 is 45.6 Å². The maximum absolute atomic E-state index is 10.8. The number of carbonyl (C=O) groups excluding carboxylic acids is 4. The minimum Gasteiger partial charge on any atom is -0.550 e. The fraction of sp³-hybridized carbons (Fsp3) is 0.778. The molecule has 1 aliphatic rings. The summed E-state index contributed by atoms with van der Waals surface area (Å²) in [6.45, 7) is 7.41. The van der Waals surface area contributed by atoms with Crippen LogP contribution in [-0.2, 0) is 23.9 Å². The molecule has 3 unspecified atom stereocenters. The summed E-state index contributed by atoms with van der Waals surface area (Å²) in [5, 5.41) is 25.3. The van der Waals surface area contributed by atoms with E-state index in [1.807, 2.05) is 13.8 Å². The Labute approximate surface area is 205 Å². The van der Waals surface area contributed by atoms with E-state index in [-0.39, 0.29) is 74.7 Å². The molecule has 0 aromatic heterocycles. The maximum atomic E-state index is 10.8. The van der Waals surface area contributed by atoms with Crippen molar-refractivity contribution in [3.05, 3.63) is 0 Å². The number of carboxylic acids is 1. The maximum Gasteiger partial charge on any atom is 1.00 e. The summed E-state index contributed by atoms with van der Waals surface area (Å²) < 4.78 is 4.55. The van der Waals surface area contributed by atoms with Crippen LogP contribution in [0.5, 0.6) is 0 Å². The fourth-order valence-electron chi connectivity index (χ4n) is 1.99. The van der Waals surface area contributed by atoms with Crippen LogP contribution in [0, 0.1) is 23.7 Å². The summed E-state index contributed by atoms with van der Waals surface area (Å²) in [4.78, 5) is 40.0. The molecule has 168 valence electrons. The van der Waals surface area contributed by atoms with E-state index in [0.29, 0.717) is 12.8 Å². The average Bonchev–Trinajstić information content (AvgIpc) is 2.84. The van der Waals surface area contributed by atoms with Crippen molar-refractivity contribution in [3.63, 3.8) is 0 Å². The van der Waals surface area contributed by atoms with E-state index in [2.05, 4.69) is 27.9 Å². The van der Waals surface area contributed by atoms with Crippen LogP contribution >= 0.6 is 23.2 Å². The molecule has 0 saturated carbocycles. The number of esters is 1. The molecular weight excluding hydrogens is 438 g/mol. The second-order valence-corrected chi connectivity index (χ2v) is 6.89. The van der Waals surface area contributed by atoms with Gasteiger partial charge in [-0.15, -0.1) is 0 Å². The molecule has 1 saturated heterocycles. The van der Waals surface area contributed by atoms with E-state index in [0.717, 1.165) is 0 Å². The Morgan fingerprint density at radius 3 is 1.66 bits per heavy atom. The van der Waals surface area contributed by atoms with Crippen LogP contribution in [0.25, 0.3) is 0 Å². The van der Waals surface area contributed by atoms with Crippen LogP contribution in [0.15, 0.2) is 0 Å². The largest absolute Gasteiger partial charge is 1.00 e. The molecule has 29 heavy (non-hydrogen) atoms. The van der Waals surface area contributed by atoms with E-state index in [1.165, 1.54) is 0 Å². The van der Waals surface area contributed by atoms with Gasteiger partial charge in [-0.05, 0) is 41.5 Å². The normalized spacial score (nSPS) is 17.7. The number of carboxylic acid groups (broad SMARTS) is 1. The summed E-state index contributed by atoms with van der Waals surface area (Å²) in [5.41, 5.74) is 0. The van der Waals surface area contributed by atoms with Gasteiger partial charge >= 0.3 is 46.0 Å². The molecule has 3 atom stereocenters. The van der Waals surface area contributed by atoms with E-state index in [1.54, 1.807) is 13.8 Å². The van der Waals surface area contributed by atoms with Crippen molar-refractivity contribution in [1.29, 1.82) is 0 Å². The van der Waals surface area contributed by atoms with E-state index < -0.39 is 28.7 Å². The first-order valence-corrected chi connectivity index (χ1v) is 8.70. The second-order valence-electron chi connectivity index (χ2n) is 6.21. The van der Waals surface area contributed by atoms with Crippen molar-refractivity contribution in [2.24, 2.45) is 23.7 Å². The van der Waals surface area contributed by atoms with Gasteiger partial charge in [-0.25, -0.2) is 0 Å². The molecule has 1 fully saturated rings. The van der Waals surface area contributed by atoms with Crippen molar-refractivity contribution in [2.45, 2.75) is 61.7 Å². The Hall–Kier alpha value is -0.220. The SMILES string of the molecule is C.C.CC(C)C(CCO)C(=O)[O-].CC(C)C1CC(O)OC1=O.O=C(Cl)C(=O)Cl.[Na+]. The van der Waals surface area contributed by atoms with E-state index >= 15 is 0 Å². The summed E-state index contributed by atoms with van der Waals surface area (Å²) in [5.74, 6) is -1.63. The zero-order valence-electron chi connectivity index (χ0n) is 16.1. The van der Waals surface area contributed by atoms with Gasteiger partial charge in [0, 0.05) is 24.9 Å². The standard InChI is InChI=1S/C7H12O3.C7H14O3.C2Cl2O2.2CH4.Na/c1-4(2)5-3-6(8)10-7(5)9;1-5(2)6(3-4-8)7(9)10;3-1(5)2(4)6;;;/h4-6,8H,3H2,1-2H3;5-6,8H,3-4H2,1-2H3,(H,9,10);;2*1H4;/q;;;;;+1/p-1. The smallest absolute Gasteiger partial charge is 0.550 e. The van der Waals surface area contributed by atoms with Gasteiger partial charge in [0.15, 0.2) is 0 Å². The molecule has 0 radical (unpaired) electrons. The molecule has 8 nitrogen and oxygen atoms in total. The van der Waals surface area contributed by atoms with Crippen LogP contribution in [0.3, 0.4) is 0 Å². The molecule has 0 aliphatic carbocycles. The summed E-state index contributed by atoms with van der Waals surface area (Å²) >= 11 is 8.98. The van der Waals surface area contributed by atoms with Gasteiger partial charge in [0.2, 0.25) is 6.29 Å². The Kier molecular flexibility index (Phi) is 28.5. The molecular formula is C18H33Cl2NaO8. The number of ether oxygens (including phenoxy) is 1. The fourth-order valence-corrected chi connectivity index (χ4v) is 1.99. The Morgan fingerprint density at radius 2 is 1.55 bits per heavy atom. The Balaban J connectivity index is -0.0000000974. The van der Waals surface area contributed by atoms with Crippen LogP contribution in [0.2, 0.25) is 0 Å². The molecule has 0 bridgehead atoms. The summed E-state index contributed by atoms with van der Waals surface area (Å²) in [6.07, 6.45) is -0.115. The van der Waals surface area contributed by atoms with Gasteiger partial charge in [0.05, 0.1) is 5.92 Å². The van der Waals surface area contributed by atoms with Gasteiger partial charge in [-0.3, -0.25) is 14.4 Å². The third-order valence-corrected chi connectivity index (χ3v) is 3.96. The van der Waals surface area contributed by atoms with Crippen LogP contribution in [0.4, 0.5) is 0 Å². The van der Waals surface area contributed by atoms with Gasteiger partial charge in [0.25, 0.3) is 0 Å². The number of aliphatic hydroxyl groups is 2. The van der Waals surface area contributed by atoms with E-state index in [9.17, 15) is 24.3 Å². The van der Waals surface area contributed by atoms with Gasteiger partial charge in [0.1, 0.15) is 0 Å². The van der Waals surface area contributed by atoms with Gasteiger partial charge in [-0.2, -0.15) is 0 Å². The number of carbonyl (C=O) groups is 4. The van der Waals surface area contributed by atoms with Crippen molar-refractivity contribution in [1.82, 2.24) is 0 Å². The summed E-state index contributed by atoms with van der Waals surface area (Å²) in [6, 6.07) is 0. The minimum atomic E-state index is -1.14. The molecule has 1 aliphatic heterocycles. The Morgan fingerprint density at radius 1 is 1.14 bits per heavy atom. The Bertz CT molecular complexity index is 468. The summed E-state index contributed by atoms with van der Waals surface area (Å²) in [7, 11) is 0. The quantitative estimate of drug-likeness (QED) is 0.211. The van der Waals surface area contributed by atoms with Crippen LogP contribution < -0.4 is 34.7 Å². The zero-order valence-corrected chi connectivity index (χ0v) is 19.6. The van der Waals surface area contributed by atoms with Crippen LogP contribution in [0.1, 0.15) is 55.4 Å². The third kappa shape index (κ3) is 19.5. The van der Waals surface area contributed by atoms with Crippen LogP contribution in [-0.4, -0.2) is 45.5 Å². The number of aliphatic carboxylic acids is 1. The number of aliphatic hydroxyl groups excluding tert-OH is 2. The monoisotopic (exact) mass is 470 g/mol. The third-order valence-electron chi connectivity index (χ3n) is 3.52. The van der Waals surface area contributed by atoms with Crippen molar-refractivity contribution < 1.29 is 68.8 Å². The topological polar surface area (TPSA) is 141 Å². The number of halogens is 2. The molecule has 2 N–H and O–H groups in total. The second kappa shape index (κ2) is 21.0. The van der Waals surface area contributed by atoms with Gasteiger partial charge in [-0.1, -0.05) is 42.5 Å². The molecule has 0 aromatic carbocycles. The minimum absolute atomic E-state index is 0. The number of rotatable bonds is 6. The van der Waals surface area contributed by atoms with E-state index in [4.69, 9.17) is 10.2 Å². The van der Waals surface area contributed by atoms with Crippen molar-refractivity contribution in [3.8, 4) is 0 Å².